The number of aryl methyl sites for hydroxylation is 1. The van der Waals surface area contributed by atoms with Gasteiger partial charge in [0.25, 0.3) is 17.5 Å². The van der Waals surface area contributed by atoms with Crippen LogP contribution in [0.15, 0.2) is 40.1 Å². The molecule has 1 saturated carbocycles. The smallest absolute Gasteiger partial charge is 0.274 e. The predicted octanol–water partition coefficient (Wildman–Crippen LogP) is 4.71. The summed E-state index contributed by atoms with van der Waals surface area (Å²) in [6.45, 7) is 1.53. The lowest BCUT2D eigenvalue weighted by atomic mass is 10.0. The van der Waals surface area contributed by atoms with Crippen LogP contribution in [0.3, 0.4) is 0 Å². The zero-order valence-electron chi connectivity index (χ0n) is 17.8. The molecule has 2 heterocycles. The Morgan fingerprint density at radius 1 is 1.18 bits per heavy atom. The van der Waals surface area contributed by atoms with Gasteiger partial charge in [0, 0.05) is 49.1 Å². The molecule has 2 aromatic heterocycles. The summed E-state index contributed by atoms with van der Waals surface area (Å²) in [7, 11) is 1.36. The predicted molar refractivity (Wildman–Crippen MR) is 112 cm³/mol. The largest absolute Gasteiger partial charge is 0.361 e. The van der Waals surface area contributed by atoms with Gasteiger partial charge in [0.05, 0.1) is 17.0 Å². The van der Waals surface area contributed by atoms with Crippen molar-refractivity contribution in [2.24, 2.45) is 7.05 Å². The van der Waals surface area contributed by atoms with Gasteiger partial charge in [-0.1, -0.05) is 18.2 Å². The minimum absolute atomic E-state index is 0.00927. The van der Waals surface area contributed by atoms with Gasteiger partial charge < -0.3 is 9.88 Å². The molecule has 0 amide bonds. The average molecular weight is 468 g/mol. The standard InChI is InChI=1S/C22H21F5N4O2/c1-11(13-4-3-5-14(18(13)23)19(24)25)28-20-16-10-31(12-6-7-22(26,27)9-12)17(32)8-15(16)21(33)30(2)29-20/h3-5,8,10-12,19H,6-7,9H2,1-2H3,(H,28,29)/t11-,12+/m1/s1. The molecule has 2 atom stereocenters. The summed E-state index contributed by atoms with van der Waals surface area (Å²) in [5.41, 5.74) is -1.95. The fraction of sp³-hybridized carbons (Fsp3) is 0.409. The second-order valence-corrected chi connectivity index (χ2v) is 8.29. The van der Waals surface area contributed by atoms with E-state index in [1.165, 1.54) is 32.3 Å². The molecule has 11 heteroatoms. The van der Waals surface area contributed by atoms with Gasteiger partial charge in [-0.05, 0) is 13.3 Å². The Morgan fingerprint density at radius 2 is 1.88 bits per heavy atom. The van der Waals surface area contributed by atoms with Crippen LogP contribution >= 0.6 is 0 Å². The van der Waals surface area contributed by atoms with Gasteiger partial charge in [-0.3, -0.25) is 9.59 Å². The van der Waals surface area contributed by atoms with E-state index < -0.39 is 53.4 Å². The zero-order chi connectivity index (χ0) is 24.1. The molecule has 1 aliphatic rings. The lowest BCUT2D eigenvalue weighted by molar-refractivity contribution is 0.00553. The van der Waals surface area contributed by atoms with E-state index in [1.54, 1.807) is 0 Å². The van der Waals surface area contributed by atoms with Crippen LogP contribution in [0.1, 0.15) is 55.8 Å². The van der Waals surface area contributed by atoms with Gasteiger partial charge in [-0.25, -0.2) is 26.6 Å². The van der Waals surface area contributed by atoms with E-state index in [0.29, 0.717) is 0 Å². The number of aromatic nitrogens is 3. The van der Waals surface area contributed by atoms with Crippen molar-refractivity contribution in [3.63, 3.8) is 0 Å². The summed E-state index contributed by atoms with van der Waals surface area (Å²) in [6, 6.07) is 3.14. The van der Waals surface area contributed by atoms with Crippen molar-refractivity contribution in [2.45, 2.75) is 50.6 Å². The van der Waals surface area contributed by atoms with Crippen LogP contribution in [0.2, 0.25) is 0 Å². The number of pyridine rings is 1. The van der Waals surface area contributed by atoms with E-state index in [4.69, 9.17) is 0 Å². The monoisotopic (exact) mass is 468 g/mol. The van der Waals surface area contributed by atoms with Crippen LogP contribution in [0.4, 0.5) is 27.8 Å². The van der Waals surface area contributed by atoms with Gasteiger partial charge in [0.15, 0.2) is 5.82 Å². The van der Waals surface area contributed by atoms with Crippen LogP contribution < -0.4 is 16.4 Å². The topological polar surface area (TPSA) is 68.9 Å². The Morgan fingerprint density at radius 3 is 2.52 bits per heavy atom. The Kier molecular flexibility index (Phi) is 5.75. The van der Waals surface area contributed by atoms with E-state index in [1.807, 2.05) is 0 Å². The minimum Gasteiger partial charge on any atom is -0.361 e. The summed E-state index contributed by atoms with van der Waals surface area (Å²) < 4.78 is 70.4. The Bertz CT molecular complexity index is 1330. The number of hydrogen-bond acceptors (Lipinski definition) is 4. The molecule has 0 aliphatic heterocycles. The highest BCUT2D eigenvalue weighted by atomic mass is 19.3. The molecule has 6 nitrogen and oxygen atoms in total. The minimum atomic E-state index is -2.99. The third-order valence-corrected chi connectivity index (χ3v) is 5.99. The summed E-state index contributed by atoms with van der Waals surface area (Å²) >= 11 is 0. The highest BCUT2D eigenvalue weighted by Gasteiger charge is 2.40. The second kappa shape index (κ2) is 8.27. The molecule has 0 saturated heterocycles. The van der Waals surface area contributed by atoms with Crippen molar-refractivity contribution in [2.75, 3.05) is 5.32 Å². The van der Waals surface area contributed by atoms with Crippen molar-refractivity contribution in [3.8, 4) is 0 Å². The second-order valence-electron chi connectivity index (χ2n) is 8.29. The number of rotatable bonds is 5. The van der Waals surface area contributed by atoms with Crippen molar-refractivity contribution in [1.29, 1.82) is 0 Å². The van der Waals surface area contributed by atoms with Crippen LogP contribution in [0.25, 0.3) is 10.8 Å². The first kappa shape index (κ1) is 22.9. The number of fused-ring (bicyclic) bond motifs is 1. The van der Waals surface area contributed by atoms with Gasteiger partial charge in [-0.15, -0.1) is 0 Å². The van der Waals surface area contributed by atoms with Crippen LogP contribution in [0, 0.1) is 5.82 Å². The molecule has 0 spiro atoms. The van der Waals surface area contributed by atoms with E-state index in [2.05, 4.69) is 10.4 Å². The maximum Gasteiger partial charge on any atom is 0.274 e. The highest BCUT2D eigenvalue weighted by Crippen LogP contribution is 2.41. The number of hydrogen-bond donors (Lipinski definition) is 1. The summed E-state index contributed by atoms with van der Waals surface area (Å²) in [5, 5.41) is 7.24. The molecule has 1 N–H and O–H groups in total. The van der Waals surface area contributed by atoms with Crippen LogP contribution in [0.5, 0.6) is 0 Å². The number of anilines is 1. The lowest BCUT2D eigenvalue weighted by Crippen LogP contribution is -2.28. The van der Waals surface area contributed by atoms with Gasteiger partial charge in [0.2, 0.25) is 5.92 Å². The molecule has 0 unspecified atom stereocenters. The third kappa shape index (κ3) is 4.23. The third-order valence-electron chi connectivity index (χ3n) is 5.99. The highest BCUT2D eigenvalue weighted by molar-refractivity contribution is 5.90. The van der Waals surface area contributed by atoms with E-state index in [9.17, 15) is 31.5 Å². The first-order chi connectivity index (χ1) is 15.5. The molecule has 0 radical (unpaired) electrons. The molecule has 1 aromatic carbocycles. The first-order valence-electron chi connectivity index (χ1n) is 10.3. The Hall–Kier alpha value is -3.24. The number of benzene rings is 1. The summed E-state index contributed by atoms with van der Waals surface area (Å²) in [4.78, 5) is 25.2. The molecule has 1 fully saturated rings. The Balaban J connectivity index is 1.80. The van der Waals surface area contributed by atoms with Crippen molar-refractivity contribution < 1.29 is 22.0 Å². The van der Waals surface area contributed by atoms with Crippen molar-refractivity contribution >= 4 is 16.6 Å². The quantitative estimate of drug-likeness (QED) is 0.551. The first-order valence-corrected chi connectivity index (χ1v) is 10.3. The van der Waals surface area contributed by atoms with Crippen LogP contribution in [-0.4, -0.2) is 20.3 Å². The van der Waals surface area contributed by atoms with Crippen molar-refractivity contribution in [3.05, 3.63) is 68.1 Å². The van der Waals surface area contributed by atoms with Crippen molar-refractivity contribution in [1.82, 2.24) is 14.3 Å². The number of halogens is 5. The molecular formula is C22H21F5N4O2. The average Bonchev–Trinajstić information content (AvgIpc) is 3.10. The maximum absolute atomic E-state index is 14.6. The van der Waals surface area contributed by atoms with Crippen LogP contribution in [-0.2, 0) is 7.05 Å². The lowest BCUT2D eigenvalue weighted by Gasteiger charge is -2.20. The van der Waals surface area contributed by atoms with Gasteiger partial charge >= 0.3 is 0 Å². The number of nitrogens with zero attached hydrogens (tertiary/aromatic N) is 3. The fourth-order valence-electron chi connectivity index (χ4n) is 4.25. The molecule has 33 heavy (non-hydrogen) atoms. The zero-order valence-corrected chi connectivity index (χ0v) is 17.8. The van der Waals surface area contributed by atoms with Gasteiger partial charge in [-0.2, -0.15) is 5.10 Å². The molecule has 176 valence electrons. The molecular weight excluding hydrogens is 447 g/mol. The maximum atomic E-state index is 14.6. The Labute approximate surface area is 184 Å². The van der Waals surface area contributed by atoms with E-state index >= 15 is 0 Å². The number of nitrogens with one attached hydrogen (secondary N) is 1. The molecule has 0 bridgehead atoms. The van der Waals surface area contributed by atoms with Gasteiger partial charge in [0.1, 0.15) is 5.82 Å². The fourth-order valence-corrected chi connectivity index (χ4v) is 4.25. The summed E-state index contributed by atoms with van der Waals surface area (Å²) in [5.74, 6) is -3.86. The van der Waals surface area contributed by atoms with E-state index in [-0.39, 0.29) is 35.0 Å². The number of alkyl halides is 4. The molecule has 1 aliphatic carbocycles. The molecule has 4 rings (SSSR count). The van der Waals surface area contributed by atoms with E-state index in [0.717, 1.165) is 21.4 Å². The summed E-state index contributed by atoms with van der Waals surface area (Å²) in [6.07, 6.45) is -2.44. The SMILES string of the molecule is C[C@@H](Nc1nn(C)c(=O)c2cc(=O)n([C@H]3CCC(F)(F)C3)cc12)c1cccc(C(F)F)c1F. The normalized spacial score (nSPS) is 18.7. The molecule has 3 aromatic rings.